The molecule has 0 fully saturated rings. The van der Waals surface area contributed by atoms with Crippen LogP contribution in [0, 0.1) is 0 Å². The van der Waals surface area contributed by atoms with E-state index in [9.17, 15) is 13.5 Å². The Balaban J connectivity index is 2.56. The minimum atomic E-state index is -3.64. The second-order valence-electron chi connectivity index (χ2n) is 4.13. The SMILES string of the molecule is C=C(C)COCCNS(=O)(=O)c1ccc(O)c(N)c1. The van der Waals surface area contributed by atoms with Crippen molar-refractivity contribution >= 4 is 15.7 Å². The minimum absolute atomic E-state index is 0.00250. The van der Waals surface area contributed by atoms with Crippen molar-refractivity contribution in [3.8, 4) is 5.75 Å². The van der Waals surface area contributed by atoms with Gasteiger partial charge in [0.1, 0.15) is 5.75 Å². The fourth-order valence-corrected chi connectivity index (χ4v) is 2.33. The summed E-state index contributed by atoms with van der Waals surface area (Å²) in [7, 11) is -3.64. The molecule has 0 saturated carbocycles. The van der Waals surface area contributed by atoms with Crippen LogP contribution in [-0.4, -0.2) is 33.3 Å². The Morgan fingerprint density at radius 1 is 1.53 bits per heavy atom. The highest BCUT2D eigenvalue weighted by atomic mass is 32.2. The van der Waals surface area contributed by atoms with Crippen molar-refractivity contribution in [3.05, 3.63) is 30.4 Å². The van der Waals surface area contributed by atoms with Gasteiger partial charge in [0.05, 0.1) is 23.8 Å². The molecule has 7 heteroatoms. The molecule has 0 spiro atoms. The number of phenolic OH excluding ortho intramolecular Hbond substituents is 1. The van der Waals surface area contributed by atoms with Crippen LogP contribution in [0.4, 0.5) is 5.69 Å². The van der Waals surface area contributed by atoms with Crippen LogP contribution in [0.15, 0.2) is 35.2 Å². The fourth-order valence-electron chi connectivity index (χ4n) is 1.28. The monoisotopic (exact) mass is 286 g/mol. The van der Waals surface area contributed by atoms with E-state index in [2.05, 4.69) is 11.3 Å². The summed E-state index contributed by atoms with van der Waals surface area (Å²) in [5, 5.41) is 9.24. The van der Waals surface area contributed by atoms with Gasteiger partial charge in [-0.25, -0.2) is 13.1 Å². The highest BCUT2D eigenvalue weighted by molar-refractivity contribution is 7.89. The van der Waals surface area contributed by atoms with E-state index in [1.54, 1.807) is 0 Å². The van der Waals surface area contributed by atoms with Crippen molar-refractivity contribution in [2.45, 2.75) is 11.8 Å². The first kappa shape index (κ1) is 15.5. The first-order valence-electron chi connectivity index (χ1n) is 5.63. The molecule has 0 bridgehead atoms. The summed E-state index contributed by atoms with van der Waals surface area (Å²) in [4.78, 5) is 0.00250. The van der Waals surface area contributed by atoms with Gasteiger partial charge < -0.3 is 15.6 Å². The van der Waals surface area contributed by atoms with Crippen LogP contribution in [0.2, 0.25) is 0 Å². The molecule has 19 heavy (non-hydrogen) atoms. The number of rotatable bonds is 7. The molecular formula is C12H18N2O4S. The molecule has 0 radical (unpaired) electrons. The number of ether oxygens (including phenoxy) is 1. The van der Waals surface area contributed by atoms with Gasteiger partial charge in [-0.2, -0.15) is 0 Å². The van der Waals surface area contributed by atoms with Gasteiger partial charge in [-0.15, -0.1) is 0 Å². The lowest BCUT2D eigenvalue weighted by atomic mass is 10.3. The van der Waals surface area contributed by atoms with Crippen molar-refractivity contribution in [2.24, 2.45) is 0 Å². The van der Waals surface area contributed by atoms with Crippen molar-refractivity contribution in [1.82, 2.24) is 4.72 Å². The number of benzene rings is 1. The Kier molecular flexibility index (Phi) is 5.34. The highest BCUT2D eigenvalue weighted by Gasteiger charge is 2.14. The van der Waals surface area contributed by atoms with Crippen molar-refractivity contribution in [1.29, 1.82) is 0 Å². The van der Waals surface area contributed by atoms with Crippen LogP contribution >= 0.6 is 0 Å². The van der Waals surface area contributed by atoms with Crippen LogP contribution < -0.4 is 10.5 Å². The lowest BCUT2D eigenvalue weighted by Crippen LogP contribution is -2.27. The molecule has 106 valence electrons. The molecule has 1 aromatic rings. The van der Waals surface area contributed by atoms with Crippen molar-refractivity contribution < 1.29 is 18.3 Å². The number of aromatic hydroxyl groups is 1. The lowest BCUT2D eigenvalue weighted by Gasteiger charge is -2.08. The Hall–Kier alpha value is -1.57. The van der Waals surface area contributed by atoms with Crippen molar-refractivity contribution in [2.75, 3.05) is 25.5 Å². The smallest absolute Gasteiger partial charge is 0.240 e. The van der Waals surface area contributed by atoms with E-state index >= 15 is 0 Å². The number of nitrogen functional groups attached to an aromatic ring is 1. The summed E-state index contributed by atoms with van der Waals surface area (Å²) >= 11 is 0. The van der Waals surface area contributed by atoms with Crippen LogP contribution in [0.3, 0.4) is 0 Å². The second-order valence-corrected chi connectivity index (χ2v) is 5.90. The molecule has 0 saturated heterocycles. The summed E-state index contributed by atoms with van der Waals surface area (Å²) in [6, 6.07) is 3.72. The number of hydrogen-bond donors (Lipinski definition) is 3. The van der Waals surface area contributed by atoms with Gasteiger partial charge in [0, 0.05) is 6.54 Å². The third-order valence-corrected chi connectivity index (χ3v) is 3.65. The predicted molar refractivity (Wildman–Crippen MR) is 73.3 cm³/mol. The van der Waals surface area contributed by atoms with E-state index in [1.165, 1.54) is 18.2 Å². The molecule has 1 aromatic carbocycles. The summed E-state index contributed by atoms with van der Waals surface area (Å²) < 4.78 is 31.3. The van der Waals surface area contributed by atoms with E-state index in [0.717, 1.165) is 5.57 Å². The largest absolute Gasteiger partial charge is 0.506 e. The third-order valence-electron chi connectivity index (χ3n) is 2.20. The fraction of sp³-hybridized carbons (Fsp3) is 0.333. The molecule has 0 heterocycles. The van der Waals surface area contributed by atoms with Gasteiger partial charge in [0.15, 0.2) is 0 Å². The van der Waals surface area contributed by atoms with E-state index in [4.69, 9.17) is 10.5 Å². The zero-order valence-electron chi connectivity index (χ0n) is 10.7. The first-order valence-corrected chi connectivity index (χ1v) is 7.11. The molecule has 0 aliphatic carbocycles. The molecule has 0 aromatic heterocycles. The molecule has 1 rings (SSSR count). The predicted octanol–water partition coefficient (Wildman–Crippen LogP) is 0.845. The molecular weight excluding hydrogens is 268 g/mol. The van der Waals surface area contributed by atoms with Crippen molar-refractivity contribution in [3.63, 3.8) is 0 Å². The van der Waals surface area contributed by atoms with Gasteiger partial charge in [-0.05, 0) is 25.1 Å². The number of sulfonamides is 1. The van der Waals surface area contributed by atoms with Gasteiger partial charge >= 0.3 is 0 Å². The molecule has 0 unspecified atom stereocenters. The Morgan fingerprint density at radius 3 is 2.79 bits per heavy atom. The van der Waals surface area contributed by atoms with Gasteiger partial charge in [-0.3, -0.25) is 0 Å². The molecule has 0 aliphatic rings. The summed E-state index contributed by atoms with van der Waals surface area (Å²) in [5.74, 6) is -0.149. The van der Waals surface area contributed by atoms with Crippen LogP contribution in [0.5, 0.6) is 5.75 Å². The number of hydrogen-bond acceptors (Lipinski definition) is 5. The maximum Gasteiger partial charge on any atom is 0.240 e. The van der Waals surface area contributed by atoms with Gasteiger partial charge in [-0.1, -0.05) is 12.2 Å². The highest BCUT2D eigenvalue weighted by Crippen LogP contribution is 2.22. The maximum atomic E-state index is 11.9. The van der Waals surface area contributed by atoms with E-state index in [1.807, 2.05) is 6.92 Å². The standard InChI is InChI=1S/C12H18N2O4S/c1-9(2)8-18-6-5-14-19(16,17)10-3-4-12(15)11(13)7-10/h3-4,7,14-15H,1,5-6,8,13H2,2H3. The topological polar surface area (TPSA) is 102 Å². The van der Waals surface area contributed by atoms with Crippen LogP contribution in [0.25, 0.3) is 0 Å². The van der Waals surface area contributed by atoms with Crippen LogP contribution in [-0.2, 0) is 14.8 Å². The first-order chi connectivity index (χ1) is 8.83. The number of nitrogens with one attached hydrogen (secondary N) is 1. The maximum absolute atomic E-state index is 11.9. The summed E-state index contributed by atoms with van der Waals surface area (Å²) in [5.41, 5.74) is 6.34. The van der Waals surface area contributed by atoms with E-state index in [-0.39, 0.29) is 29.5 Å². The average molecular weight is 286 g/mol. The molecule has 0 amide bonds. The Labute approximate surface area is 112 Å². The summed E-state index contributed by atoms with van der Waals surface area (Å²) in [6.07, 6.45) is 0. The summed E-state index contributed by atoms with van der Waals surface area (Å²) in [6.45, 7) is 6.28. The average Bonchev–Trinajstić information content (AvgIpc) is 2.31. The zero-order chi connectivity index (χ0) is 14.5. The Bertz CT molecular complexity index is 555. The lowest BCUT2D eigenvalue weighted by molar-refractivity contribution is 0.162. The van der Waals surface area contributed by atoms with E-state index in [0.29, 0.717) is 6.61 Å². The van der Waals surface area contributed by atoms with Gasteiger partial charge in [0.25, 0.3) is 0 Å². The Morgan fingerprint density at radius 2 is 2.21 bits per heavy atom. The number of anilines is 1. The third kappa shape index (κ3) is 4.90. The zero-order valence-corrected chi connectivity index (χ0v) is 11.5. The molecule has 4 N–H and O–H groups in total. The molecule has 0 aliphatic heterocycles. The molecule has 6 nitrogen and oxygen atoms in total. The van der Waals surface area contributed by atoms with E-state index < -0.39 is 10.0 Å². The molecule has 0 atom stereocenters. The second kappa shape index (κ2) is 6.55. The number of nitrogens with two attached hydrogens (primary N) is 1. The van der Waals surface area contributed by atoms with Gasteiger partial charge in [0.2, 0.25) is 10.0 Å². The normalized spacial score (nSPS) is 11.4. The number of phenols is 1. The quantitative estimate of drug-likeness (QED) is 0.298. The van der Waals surface area contributed by atoms with Crippen LogP contribution in [0.1, 0.15) is 6.92 Å². The minimum Gasteiger partial charge on any atom is -0.506 e.